The van der Waals surface area contributed by atoms with Crippen LogP contribution in [0.4, 0.5) is 0 Å². The number of primary amides is 1. The summed E-state index contributed by atoms with van der Waals surface area (Å²) in [6.07, 6.45) is 0. The van der Waals surface area contributed by atoms with Gasteiger partial charge in [0.2, 0.25) is 0 Å². The van der Waals surface area contributed by atoms with Crippen molar-refractivity contribution in [3.8, 4) is 0 Å². The van der Waals surface area contributed by atoms with Crippen LogP contribution in [-0.2, 0) is 9.53 Å². The molecule has 92 valence electrons. The van der Waals surface area contributed by atoms with E-state index in [4.69, 9.17) is 22.1 Å². The van der Waals surface area contributed by atoms with Crippen molar-refractivity contribution < 1.29 is 14.3 Å². The van der Waals surface area contributed by atoms with Crippen molar-refractivity contribution in [1.82, 2.24) is 4.98 Å². The van der Waals surface area contributed by atoms with Crippen LogP contribution in [0.3, 0.4) is 0 Å². The van der Waals surface area contributed by atoms with E-state index in [0.717, 1.165) is 5.39 Å². The van der Waals surface area contributed by atoms with Gasteiger partial charge in [-0.2, -0.15) is 0 Å². The number of hydrogen-bond donors (Lipinski definition) is 1. The molecule has 0 aliphatic carbocycles. The first kappa shape index (κ1) is 12.3. The molecule has 0 aliphatic rings. The van der Waals surface area contributed by atoms with Gasteiger partial charge in [0.1, 0.15) is 5.15 Å². The minimum atomic E-state index is -0.697. The Morgan fingerprint density at radius 2 is 2.06 bits per heavy atom. The largest absolute Gasteiger partial charge is 0.452 e. The molecule has 2 rings (SSSR count). The number of nitrogens with two attached hydrogens (primary N) is 1. The predicted octanol–water partition coefficient (Wildman–Crippen LogP) is 1.53. The molecule has 0 atom stereocenters. The molecule has 0 saturated carbocycles. The van der Waals surface area contributed by atoms with E-state index in [2.05, 4.69) is 4.98 Å². The summed E-state index contributed by atoms with van der Waals surface area (Å²) in [5.41, 5.74) is 5.89. The first-order valence-electron chi connectivity index (χ1n) is 5.08. The number of halogens is 1. The van der Waals surface area contributed by atoms with Gasteiger partial charge in [-0.3, -0.25) is 4.79 Å². The third-order valence-electron chi connectivity index (χ3n) is 2.24. The van der Waals surface area contributed by atoms with Gasteiger partial charge in [-0.1, -0.05) is 11.6 Å². The first-order valence-corrected chi connectivity index (χ1v) is 5.46. The SMILES string of the molecule is NC(=O)COC(=O)c1ccc2nc(Cl)ccc2c1. The van der Waals surface area contributed by atoms with E-state index < -0.39 is 18.5 Å². The van der Waals surface area contributed by atoms with Crippen molar-refractivity contribution in [3.05, 3.63) is 41.0 Å². The maximum Gasteiger partial charge on any atom is 0.338 e. The summed E-state index contributed by atoms with van der Waals surface area (Å²) in [4.78, 5) is 26.2. The van der Waals surface area contributed by atoms with Crippen LogP contribution < -0.4 is 5.73 Å². The minimum absolute atomic E-state index is 0.327. The molecular formula is C12H9ClN2O3. The van der Waals surface area contributed by atoms with Crippen LogP contribution in [0.5, 0.6) is 0 Å². The number of ether oxygens (including phenoxy) is 1. The number of hydrogen-bond acceptors (Lipinski definition) is 4. The fourth-order valence-electron chi connectivity index (χ4n) is 1.45. The Bertz CT molecular complexity index is 628. The number of carbonyl (C=O) groups is 2. The van der Waals surface area contributed by atoms with Gasteiger partial charge in [-0.25, -0.2) is 9.78 Å². The molecule has 6 heteroatoms. The van der Waals surface area contributed by atoms with Crippen molar-refractivity contribution >= 4 is 34.4 Å². The summed E-state index contributed by atoms with van der Waals surface area (Å²) in [6.45, 7) is -0.435. The Balaban J connectivity index is 2.27. The molecule has 0 radical (unpaired) electrons. The van der Waals surface area contributed by atoms with Crippen LogP contribution in [0.2, 0.25) is 5.15 Å². The van der Waals surface area contributed by atoms with Crippen LogP contribution in [0.15, 0.2) is 30.3 Å². The smallest absolute Gasteiger partial charge is 0.338 e. The molecule has 0 saturated heterocycles. The van der Waals surface area contributed by atoms with E-state index in [1.807, 2.05) is 0 Å². The lowest BCUT2D eigenvalue weighted by Crippen LogP contribution is -2.20. The molecule has 18 heavy (non-hydrogen) atoms. The summed E-state index contributed by atoms with van der Waals surface area (Å²) in [6, 6.07) is 8.19. The fraction of sp³-hybridized carbons (Fsp3) is 0.0833. The summed E-state index contributed by atoms with van der Waals surface area (Å²) < 4.78 is 4.70. The molecule has 2 aromatic rings. The number of rotatable bonds is 3. The number of nitrogens with zero attached hydrogens (tertiary/aromatic N) is 1. The number of carbonyl (C=O) groups excluding carboxylic acids is 2. The van der Waals surface area contributed by atoms with Gasteiger partial charge in [0.05, 0.1) is 11.1 Å². The van der Waals surface area contributed by atoms with Crippen molar-refractivity contribution in [1.29, 1.82) is 0 Å². The lowest BCUT2D eigenvalue weighted by Gasteiger charge is -2.03. The van der Waals surface area contributed by atoms with E-state index in [9.17, 15) is 9.59 Å². The van der Waals surface area contributed by atoms with E-state index >= 15 is 0 Å². The quantitative estimate of drug-likeness (QED) is 0.673. The molecule has 0 aliphatic heterocycles. The van der Waals surface area contributed by atoms with Gasteiger partial charge < -0.3 is 10.5 Å². The van der Waals surface area contributed by atoms with E-state index in [-0.39, 0.29) is 0 Å². The van der Waals surface area contributed by atoms with Crippen LogP contribution in [0, 0.1) is 0 Å². The third kappa shape index (κ3) is 2.75. The van der Waals surface area contributed by atoms with E-state index in [1.54, 1.807) is 30.3 Å². The highest BCUT2D eigenvalue weighted by molar-refractivity contribution is 6.29. The highest BCUT2D eigenvalue weighted by Gasteiger charge is 2.09. The average molecular weight is 265 g/mol. The van der Waals surface area contributed by atoms with Crippen molar-refractivity contribution in [2.45, 2.75) is 0 Å². The average Bonchev–Trinajstić information content (AvgIpc) is 2.35. The van der Waals surface area contributed by atoms with Crippen LogP contribution in [-0.4, -0.2) is 23.5 Å². The van der Waals surface area contributed by atoms with Crippen LogP contribution >= 0.6 is 11.6 Å². The second-order valence-electron chi connectivity index (χ2n) is 3.58. The lowest BCUT2D eigenvalue weighted by molar-refractivity contribution is -0.121. The third-order valence-corrected chi connectivity index (χ3v) is 2.45. The van der Waals surface area contributed by atoms with Gasteiger partial charge in [0.25, 0.3) is 5.91 Å². The second-order valence-corrected chi connectivity index (χ2v) is 3.97. The summed E-state index contributed by atoms with van der Waals surface area (Å²) in [7, 11) is 0. The monoisotopic (exact) mass is 264 g/mol. The number of fused-ring (bicyclic) bond motifs is 1. The number of amides is 1. The molecule has 1 aromatic carbocycles. The maximum atomic E-state index is 11.6. The second kappa shape index (κ2) is 5.01. The standard InChI is InChI=1S/C12H9ClN2O3/c13-10-4-2-7-5-8(1-3-9(7)15-10)12(17)18-6-11(14)16/h1-5H,6H2,(H2,14,16). The first-order chi connectivity index (χ1) is 8.56. The normalized spacial score (nSPS) is 10.3. The lowest BCUT2D eigenvalue weighted by atomic mass is 10.1. The van der Waals surface area contributed by atoms with E-state index in [0.29, 0.717) is 16.2 Å². The summed E-state index contributed by atoms with van der Waals surface area (Å²) in [5, 5.41) is 1.14. The predicted molar refractivity (Wildman–Crippen MR) is 66.2 cm³/mol. The highest BCUT2D eigenvalue weighted by atomic mass is 35.5. The molecule has 0 spiro atoms. The van der Waals surface area contributed by atoms with Crippen LogP contribution in [0.1, 0.15) is 10.4 Å². The van der Waals surface area contributed by atoms with Crippen LogP contribution in [0.25, 0.3) is 10.9 Å². The van der Waals surface area contributed by atoms with Crippen molar-refractivity contribution in [3.63, 3.8) is 0 Å². The number of benzene rings is 1. The molecule has 5 nitrogen and oxygen atoms in total. The van der Waals surface area contributed by atoms with Gasteiger partial charge >= 0.3 is 5.97 Å². The summed E-state index contributed by atoms with van der Waals surface area (Å²) >= 11 is 5.75. The summed E-state index contributed by atoms with van der Waals surface area (Å²) in [5.74, 6) is -1.30. The number of pyridine rings is 1. The molecule has 0 unspecified atom stereocenters. The van der Waals surface area contributed by atoms with Crippen molar-refractivity contribution in [2.75, 3.05) is 6.61 Å². The zero-order chi connectivity index (χ0) is 13.1. The molecule has 2 N–H and O–H groups in total. The molecular weight excluding hydrogens is 256 g/mol. The van der Waals surface area contributed by atoms with Gasteiger partial charge in [-0.05, 0) is 30.3 Å². The minimum Gasteiger partial charge on any atom is -0.452 e. The zero-order valence-electron chi connectivity index (χ0n) is 9.22. The topological polar surface area (TPSA) is 82.3 Å². The number of aromatic nitrogens is 1. The molecule has 1 heterocycles. The maximum absolute atomic E-state index is 11.6. The Hall–Kier alpha value is -2.14. The van der Waals surface area contributed by atoms with Crippen molar-refractivity contribution in [2.24, 2.45) is 5.73 Å². The molecule has 1 aromatic heterocycles. The van der Waals surface area contributed by atoms with Gasteiger partial charge in [0, 0.05) is 5.39 Å². The Morgan fingerprint density at radius 3 is 2.78 bits per heavy atom. The molecule has 0 bridgehead atoms. The highest BCUT2D eigenvalue weighted by Crippen LogP contribution is 2.17. The Morgan fingerprint density at radius 1 is 1.28 bits per heavy atom. The fourth-order valence-corrected chi connectivity index (χ4v) is 1.60. The van der Waals surface area contributed by atoms with Gasteiger partial charge in [-0.15, -0.1) is 0 Å². The zero-order valence-corrected chi connectivity index (χ0v) is 9.98. The van der Waals surface area contributed by atoms with Gasteiger partial charge in [0.15, 0.2) is 6.61 Å². The number of esters is 1. The molecule has 1 amide bonds. The van der Waals surface area contributed by atoms with E-state index in [1.165, 1.54) is 0 Å². The Kier molecular flexibility index (Phi) is 3.43. The molecule has 0 fully saturated rings. The Labute approximate surface area is 108 Å².